The summed E-state index contributed by atoms with van der Waals surface area (Å²) >= 11 is 0. The molecule has 214 valence electrons. The smallest absolute Gasteiger partial charge is 0.302 e. The lowest BCUT2D eigenvalue weighted by Crippen LogP contribution is -2.51. The normalized spacial score (nSPS) is 18.6. The van der Waals surface area contributed by atoms with Gasteiger partial charge in [-0.1, -0.05) is 31.2 Å². The van der Waals surface area contributed by atoms with Gasteiger partial charge in [-0.25, -0.2) is 13.4 Å². The molecule has 1 unspecified atom stereocenters. The Morgan fingerprint density at radius 1 is 1.18 bits per heavy atom. The van der Waals surface area contributed by atoms with Gasteiger partial charge in [-0.2, -0.15) is 4.72 Å². The lowest BCUT2D eigenvalue weighted by atomic mass is 9.93. The Hall–Kier alpha value is -3.44. The maximum absolute atomic E-state index is 13.8. The number of amides is 1. The number of oxazole rings is 1. The van der Waals surface area contributed by atoms with Gasteiger partial charge in [0.1, 0.15) is 16.5 Å². The number of nitrogens with zero attached hydrogens (tertiary/aromatic N) is 2. The van der Waals surface area contributed by atoms with Gasteiger partial charge in [0.15, 0.2) is 11.5 Å². The number of nitrogens with one attached hydrogen (secondary N) is 2. The van der Waals surface area contributed by atoms with E-state index in [1.54, 1.807) is 23.1 Å². The minimum absolute atomic E-state index is 0.0153. The number of para-hydroxylation sites is 3. The Bertz CT molecular complexity index is 1450. The summed E-state index contributed by atoms with van der Waals surface area (Å²) in [7, 11) is -4.06. The van der Waals surface area contributed by atoms with Gasteiger partial charge < -0.3 is 19.4 Å². The zero-order valence-corrected chi connectivity index (χ0v) is 23.7. The first-order valence-electron chi connectivity index (χ1n) is 13.8. The van der Waals surface area contributed by atoms with Crippen LogP contribution in [0.5, 0.6) is 0 Å². The van der Waals surface area contributed by atoms with E-state index in [2.05, 4.69) is 21.9 Å². The minimum atomic E-state index is -4.06. The highest BCUT2D eigenvalue weighted by Crippen LogP contribution is 2.31. The summed E-state index contributed by atoms with van der Waals surface area (Å²) in [6.07, 6.45) is 3.01. The summed E-state index contributed by atoms with van der Waals surface area (Å²) in [6, 6.07) is 11.4. The lowest BCUT2D eigenvalue weighted by Gasteiger charge is -2.34. The molecule has 2 N–H and O–H groups in total. The summed E-state index contributed by atoms with van der Waals surface area (Å²) in [5, 5.41) is 3.27. The first-order valence-corrected chi connectivity index (χ1v) is 15.3. The fourth-order valence-corrected chi connectivity index (χ4v) is 6.95. The van der Waals surface area contributed by atoms with Gasteiger partial charge in [-0.3, -0.25) is 9.59 Å². The molecule has 0 saturated carbocycles. The van der Waals surface area contributed by atoms with Crippen LogP contribution in [0.3, 0.4) is 0 Å². The van der Waals surface area contributed by atoms with Crippen LogP contribution in [0.2, 0.25) is 0 Å². The zero-order chi connectivity index (χ0) is 28.3. The summed E-state index contributed by atoms with van der Waals surface area (Å²) in [4.78, 5) is 31.2. The summed E-state index contributed by atoms with van der Waals surface area (Å²) < 4.78 is 41.2. The van der Waals surface area contributed by atoms with Crippen LogP contribution in [0.4, 0.5) is 5.69 Å². The average molecular weight is 569 g/mol. The number of esters is 1. The Morgan fingerprint density at radius 3 is 2.70 bits per heavy atom. The third kappa shape index (κ3) is 6.47. The Labute approximate surface area is 234 Å². The highest BCUT2D eigenvalue weighted by molar-refractivity contribution is 7.89. The van der Waals surface area contributed by atoms with Gasteiger partial charge in [0.2, 0.25) is 15.9 Å². The molecule has 2 aromatic carbocycles. The van der Waals surface area contributed by atoms with Crippen molar-refractivity contribution in [3.05, 3.63) is 53.9 Å². The first kappa shape index (κ1) is 28.1. The predicted octanol–water partition coefficient (Wildman–Crippen LogP) is 3.51. The van der Waals surface area contributed by atoms with Crippen LogP contribution in [0.25, 0.3) is 11.1 Å². The molecule has 0 aliphatic carbocycles. The van der Waals surface area contributed by atoms with E-state index in [1.807, 2.05) is 24.3 Å². The minimum Gasteiger partial charge on any atom is -0.466 e. The molecular formula is C29H36N4O6S. The molecule has 2 atom stereocenters. The SMILES string of the molecule is CC(=O)OCCC1CCN(C(=O)[C@H](Cc2nc3ccccc3o2)NS(=O)(=O)c2cccc3c2NCC(C)C3)CC1. The monoisotopic (exact) mass is 568 g/mol. The molecule has 5 rings (SSSR count). The molecule has 0 radical (unpaired) electrons. The van der Waals surface area contributed by atoms with E-state index in [-0.39, 0.29) is 23.2 Å². The van der Waals surface area contributed by atoms with Crippen molar-refractivity contribution in [3.8, 4) is 0 Å². The Morgan fingerprint density at radius 2 is 1.95 bits per heavy atom. The van der Waals surface area contributed by atoms with Gasteiger partial charge in [-0.05, 0) is 61.3 Å². The van der Waals surface area contributed by atoms with Crippen molar-refractivity contribution in [2.24, 2.45) is 11.8 Å². The third-order valence-electron chi connectivity index (χ3n) is 7.67. The van der Waals surface area contributed by atoms with Gasteiger partial charge >= 0.3 is 5.97 Å². The molecule has 3 heterocycles. The van der Waals surface area contributed by atoms with Crippen molar-refractivity contribution in [1.82, 2.24) is 14.6 Å². The summed E-state index contributed by atoms with van der Waals surface area (Å²) in [5.74, 6) is 0.409. The standard InChI is InChI=1S/C29H36N4O6S/c1-19-16-22-6-5-9-26(28(22)30-18-19)40(36,37)32-24(17-27-31-23-7-3-4-8-25(23)39-27)29(35)33-13-10-21(11-14-33)12-15-38-20(2)34/h3-9,19,21,24,30,32H,10-18H2,1-2H3/t19?,24-/m0/s1. The molecule has 0 bridgehead atoms. The Kier molecular flexibility index (Phi) is 8.41. The number of sulfonamides is 1. The fraction of sp³-hybridized carbons (Fsp3) is 0.483. The predicted molar refractivity (Wildman–Crippen MR) is 150 cm³/mol. The van der Waals surface area contributed by atoms with E-state index in [9.17, 15) is 18.0 Å². The number of benzene rings is 2. The summed E-state index contributed by atoms with van der Waals surface area (Å²) in [5.41, 5.74) is 2.76. The maximum atomic E-state index is 13.8. The molecule has 1 aromatic heterocycles. The molecule has 1 amide bonds. The quantitative estimate of drug-likeness (QED) is 0.375. The number of likely N-dealkylation sites (tertiary alicyclic amines) is 1. The summed E-state index contributed by atoms with van der Waals surface area (Å²) in [6.45, 7) is 5.54. The molecule has 11 heteroatoms. The largest absolute Gasteiger partial charge is 0.466 e. The van der Waals surface area contributed by atoms with Crippen LogP contribution in [-0.2, 0) is 37.2 Å². The molecule has 0 spiro atoms. The number of hydrogen-bond acceptors (Lipinski definition) is 8. The van der Waals surface area contributed by atoms with Gasteiger partial charge in [0.05, 0.1) is 12.3 Å². The number of fused-ring (bicyclic) bond motifs is 2. The average Bonchev–Trinajstić information content (AvgIpc) is 3.34. The third-order valence-corrected chi connectivity index (χ3v) is 9.18. The van der Waals surface area contributed by atoms with Crippen molar-refractivity contribution >= 4 is 38.7 Å². The second-order valence-electron chi connectivity index (χ2n) is 10.8. The molecule has 10 nitrogen and oxygen atoms in total. The van der Waals surface area contributed by atoms with Crippen molar-refractivity contribution in [3.63, 3.8) is 0 Å². The molecule has 3 aromatic rings. The topological polar surface area (TPSA) is 131 Å². The molecule has 2 aliphatic heterocycles. The molecule has 40 heavy (non-hydrogen) atoms. The number of carbonyl (C=O) groups excluding carboxylic acids is 2. The fourth-order valence-electron chi connectivity index (χ4n) is 5.54. The number of carbonyl (C=O) groups is 2. The van der Waals surface area contributed by atoms with E-state index in [0.717, 1.165) is 31.2 Å². The number of anilines is 1. The van der Waals surface area contributed by atoms with E-state index < -0.39 is 16.1 Å². The van der Waals surface area contributed by atoms with Crippen LogP contribution in [0.15, 0.2) is 51.8 Å². The van der Waals surface area contributed by atoms with Crippen LogP contribution in [0.1, 0.15) is 44.6 Å². The van der Waals surface area contributed by atoms with E-state index in [4.69, 9.17) is 9.15 Å². The van der Waals surface area contributed by atoms with Crippen molar-refractivity contribution in [2.45, 2.75) is 56.9 Å². The molecular weight excluding hydrogens is 532 g/mol. The number of ether oxygens (including phenoxy) is 1. The lowest BCUT2D eigenvalue weighted by molar-refractivity contribution is -0.141. The van der Waals surface area contributed by atoms with Crippen LogP contribution in [0, 0.1) is 11.8 Å². The number of hydrogen-bond donors (Lipinski definition) is 2. The number of rotatable bonds is 9. The first-order chi connectivity index (χ1) is 19.2. The van der Waals surface area contributed by atoms with Crippen LogP contribution >= 0.6 is 0 Å². The molecule has 1 saturated heterocycles. The Balaban J connectivity index is 1.36. The molecule has 2 aliphatic rings. The van der Waals surface area contributed by atoms with Gasteiger partial charge in [0.25, 0.3) is 0 Å². The van der Waals surface area contributed by atoms with Crippen molar-refractivity contribution in [1.29, 1.82) is 0 Å². The van der Waals surface area contributed by atoms with Gasteiger partial charge in [0, 0.05) is 33.0 Å². The highest BCUT2D eigenvalue weighted by Gasteiger charge is 2.34. The van der Waals surface area contributed by atoms with E-state index >= 15 is 0 Å². The zero-order valence-electron chi connectivity index (χ0n) is 22.9. The second kappa shape index (κ2) is 12.0. The number of aromatic nitrogens is 1. The second-order valence-corrected chi connectivity index (χ2v) is 12.5. The van der Waals surface area contributed by atoms with Crippen molar-refractivity contribution < 1.29 is 27.2 Å². The maximum Gasteiger partial charge on any atom is 0.302 e. The van der Waals surface area contributed by atoms with Crippen LogP contribution < -0.4 is 10.0 Å². The van der Waals surface area contributed by atoms with Crippen LogP contribution in [-0.4, -0.2) is 62.5 Å². The van der Waals surface area contributed by atoms with Crippen molar-refractivity contribution in [2.75, 3.05) is 31.6 Å². The van der Waals surface area contributed by atoms with E-state index in [1.165, 1.54) is 6.92 Å². The van der Waals surface area contributed by atoms with Gasteiger partial charge in [-0.15, -0.1) is 0 Å². The highest BCUT2D eigenvalue weighted by atomic mass is 32.2. The number of piperidine rings is 1. The van der Waals surface area contributed by atoms with E-state index in [0.29, 0.717) is 60.8 Å². The molecule has 1 fully saturated rings.